The van der Waals surface area contributed by atoms with Crippen molar-refractivity contribution in [3.05, 3.63) is 35.9 Å². The molecule has 0 aromatic heterocycles. The number of nitrogens with one attached hydrogen (secondary N) is 1. The van der Waals surface area contributed by atoms with Gasteiger partial charge in [0.25, 0.3) is 0 Å². The minimum atomic E-state index is -0.338. The van der Waals surface area contributed by atoms with Crippen LogP contribution in [0.15, 0.2) is 30.3 Å². The van der Waals surface area contributed by atoms with Crippen molar-refractivity contribution >= 4 is 12.0 Å². The fourth-order valence-corrected chi connectivity index (χ4v) is 2.28. The van der Waals surface area contributed by atoms with Crippen LogP contribution in [-0.2, 0) is 4.79 Å². The zero-order valence-corrected chi connectivity index (χ0v) is 12.1. The fraction of sp³-hybridized carbons (Fsp3) is 0.438. The Morgan fingerprint density at radius 2 is 2.25 bits per heavy atom. The minimum Gasteiger partial charge on any atom is -0.497 e. The number of benzene rings is 1. The summed E-state index contributed by atoms with van der Waals surface area (Å²) in [6, 6.07) is 7.53. The molecule has 0 radical (unpaired) electrons. The van der Waals surface area contributed by atoms with Crippen LogP contribution in [0, 0.1) is 5.41 Å². The van der Waals surface area contributed by atoms with Gasteiger partial charge in [-0.15, -0.1) is 0 Å². The van der Waals surface area contributed by atoms with E-state index in [4.69, 9.17) is 4.74 Å². The summed E-state index contributed by atoms with van der Waals surface area (Å²) in [5, 5.41) is 12.6. The van der Waals surface area contributed by atoms with Gasteiger partial charge in [-0.2, -0.15) is 0 Å². The lowest BCUT2D eigenvalue weighted by atomic mass is 9.64. The predicted molar refractivity (Wildman–Crippen MR) is 78.4 cm³/mol. The molecule has 4 nitrogen and oxygen atoms in total. The van der Waals surface area contributed by atoms with E-state index in [1.807, 2.05) is 38.1 Å². The Morgan fingerprint density at radius 3 is 2.85 bits per heavy atom. The third-order valence-corrected chi connectivity index (χ3v) is 4.05. The van der Waals surface area contributed by atoms with Crippen LogP contribution in [0.5, 0.6) is 5.75 Å². The number of rotatable bonds is 4. The summed E-state index contributed by atoms with van der Waals surface area (Å²) in [6.07, 6.45) is 3.54. The first-order chi connectivity index (χ1) is 9.43. The maximum atomic E-state index is 11.9. The van der Waals surface area contributed by atoms with Crippen molar-refractivity contribution in [2.24, 2.45) is 5.41 Å². The fourth-order valence-electron chi connectivity index (χ4n) is 2.28. The second kappa shape index (κ2) is 5.67. The first-order valence-electron chi connectivity index (χ1n) is 6.74. The molecule has 0 heterocycles. The number of ether oxygens (including phenoxy) is 1. The number of carbonyl (C=O) groups excluding carboxylic acids is 1. The van der Waals surface area contributed by atoms with E-state index < -0.39 is 0 Å². The van der Waals surface area contributed by atoms with Gasteiger partial charge in [0.15, 0.2) is 0 Å². The SMILES string of the molecule is COc1cccc(/C=C/C(=O)NC2CC(O)C2(C)C)c1. The number of hydrogen-bond donors (Lipinski definition) is 2. The molecule has 0 bridgehead atoms. The maximum Gasteiger partial charge on any atom is 0.244 e. The molecule has 2 atom stereocenters. The molecular weight excluding hydrogens is 254 g/mol. The summed E-state index contributed by atoms with van der Waals surface area (Å²) < 4.78 is 5.13. The van der Waals surface area contributed by atoms with Gasteiger partial charge in [-0.1, -0.05) is 26.0 Å². The van der Waals surface area contributed by atoms with E-state index in [9.17, 15) is 9.90 Å². The van der Waals surface area contributed by atoms with Crippen LogP contribution in [-0.4, -0.2) is 30.3 Å². The van der Waals surface area contributed by atoms with Crippen molar-refractivity contribution in [3.63, 3.8) is 0 Å². The van der Waals surface area contributed by atoms with Crippen molar-refractivity contribution in [2.75, 3.05) is 7.11 Å². The minimum absolute atomic E-state index is 0.0277. The second-order valence-corrected chi connectivity index (χ2v) is 5.74. The smallest absolute Gasteiger partial charge is 0.244 e. The van der Waals surface area contributed by atoms with Crippen molar-refractivity contribution in [1.82, 2.24) is 5.32 Å². The molecule has 108 valence electrons. The Balaban J connectivity index is 1.93. The van der Waals surface area contributed by atoms with Crippen LogP contribution >= 0.6 is 0 Å². The molecule has 0 aliphatic heterocycles. The Bertz CT molecular complexity index is 522. The second-order valence-electron chi connectivity index (χ2n) is 5.74. The van der Waals surface area contributed by atoms with Crippen molar-refractivity contribution in [1.29, 1.82) is 0 Å². The summed E-state index contributed by atoms with van der Waals surface area (Å²) >= 11 is 0. The molecule has 1 amide bonds. The van der Waals surface area contributed by atoms with Gasteiger partial charge in [-0.05, 0) is 30.2 Å². The zero-order valence-electron chi connectivity index (χ0n) is 12.1. The molecule has 2 unspecified atom stereocenters. The van der Waals surface area contributed by atoms with Gasteiger partial charge in [-0.25, -0.2) is 0 Å². The molecule has 1 aliphatic carbocycles. The third-order valence-electron chi connectivity index (χ3n) is 4.05. The van der Waals surface area contributed by atoms with E-state index in [1.165, 1.54) is 6.08 Å². The molecule has 0 spiro atoms. The Kier molecular flexibility index (Phi) is 4.14. The standard InChI is InChI=1S/C16H21NO3/c1-16(2)13(10-14(16)18)17-15(19)8-7-11-5-4-6-12(9-11)20-3/h4-9,13-14,18H,10H2,1-3H3,(H,17,19)/b8-7+. The molecule has 1 aliphatic rings. The monoisotopic (exact) mass is 275 g/mol. The van der Waals surface area contributed by atoms with Gasteiger partial charge in [0.05, 0.1) is 13.2 Å². The molecular formula is C16H21NO3. The highest BCUT2D eigenvalue weighted by atomic mass is 16.5. The Labute approximate surface area is 119 Å². The zero-order chi connectivity index (χ0) is 14.8. The molecule has 1 aromatic rings. The number of aliphatic hydroxyl groups is 1. The lowest BCUT2D eigenvalue weighted by molar-refractivity contribution is -0.124. The van der Waals surface area contributed by atoms with E-state index in [0.717, 1.165) is 11.3 Å². The van der Waals surface area contributed by atoms with Gasteiger partial charge in [0, 0.05) is 17.5 Å². The van der Waals surface area contributed by atoms with Gasteiger partial charge in [-0.3, -0.25) is 4.79 Å². The maximum absolute atomic E-state index is 11.9. The number of carbonyl (C=O) groups is 1. The van der Waals surface area contributed by atoms with E-state index in [1.54, 1.807) is 13.2 Å². The van der Waals surface area contributed by atoms with Crippen LogP contribution in [0.3, 0.4) is 0 Å². The van der Waals surface area contributed by atoms with Gasteiger partial charge in [0.1, 0.15) is 5.75 Å². The van der Waals surface area contributed by atoms with E-state index in [0.29, 0.717) is 6.42 Å². The molecule has 1 fully saturated rings. The first kappa shape index (κ1) is 14.6. The number of aliphatic hydroxyl groups excluding tert-OH is 1. The number of amides is 1. The molecule has 1 aromatic carbocycles. The molecule has 0 saturated heterocycles. The average Bonchev–Trinajstić information content (AvgIpc) is 2.45. The van der Waals surface area contributed by atoms with Crippen LogP contribution in [0.1, 0.15) is 25.8 Å². The summed E-state index contributed by atoms with van der Waals surface area (Å²) in [5.41, 5.74) is 0.659. The highest BCUT2D eigenvalue weighted by Gasteiger charge is 2.47. The topological polar surface area (TPSA) is 58.6 Å². The van der Waals surface area contributed by atoms with Crippen LogP contribution in [0.4, 0.5) is 0 Å². The van der Waals surface area contributed by atoms with Crippen LogP contribution in [0.2, 0.25) is 0 Å². The van der Waals surface area contributed by atoms with Gasteiger partial charge in [0.2, 0.25) is 5.91 Å². The summed E-state index contributed by atoms with van der Waals surface area (Å²) in [5.74, 6) is 0.619. The lowest BCUT2D eigenvalue weighted by Crippen LogP contribution is -2.60. The predicted octanol–water partition coefficient (Wildman–Crippen LogP) is 1.98. The van der Waals surface area contributed by atoms with Gasteiger partial charge < -0.3 is 15.2 Å². The number of methoxy groups -OCH3 is 1. The quantitative estimate of drug-likeness (QED) is 0.826. The normalized spacial score (nSPS) is 24.2. The third kappa shape index (κ3) is 3.02. The largest absolute Gasteiger partial charge is 0.497 e. The van der Waals surface area contributed by atoms with E-state index in [2.05, 4.69) is 5.32 Å². The Hall–Kier alpha value is -1.81. The summed E-state index contributed by atoms with van der Waals surface area (Å²) in [7, 11) is 1.61. The Morgan fingerprint density at radius 1 is 1.50 bits per heavy atom. The van der Waals surface area contributed by atoms with Crippen molar-refractivity contribution < 1.29 is 14.6 Å². The molecule has 2 rings (SSSR count). The molecule has 2 N–H and O–H groups in total. The highest BCUT2D eigenvalue weighted by Crippen LogP contribution is 2.40. The highest BCUT2D eigenvalue weighted by molar-refractivity contribution is 5.92. The summed E-state index contributed by atoms with van der Waals surface area (Å²) in [6.45, 7) is 3.91. The summed E-state index contributed by atoms with van der Waals surface area (Å²) in [4.78, 5) is 11.9. The number of hydrogen-bond acceptors (Lipinski definition) is 3. The van der Waals surface area contributed by atoms with E-state index in [-0.39, 0.29) is 23.5 Å². The van der Waals surface area contributed by atoms with Crippen LogP contribution in [0.25, 0.3) is 6.08 Å². The lowest BCUT2D eigenvalue weighted by Gasteiger charge is -2.49. The van der Waals surface area contributed by atoms with E-state index >= 15 is 0 Å². The average molecular weight is 275 g/mol. The molecule has 4 heteroatoms. The molecule has 20 heavy (non-hydrogen) atoms. The molecule has 1 saturated carbocycles. The van der Waals surface area contributed by atoms with Crippen LogP contribution < -0.4 is 10.1 Å². The van der Waals surface area contributed by atoms with Crippen molar-refractivity contribution in [2.45, 2.75) is 32.4 Å². The first-order valence-corrected chi connectivity index (χ1v) is 6.74. The van der Waals surface area contributed by atoms with Crippen molar-refractivity contribution in [3.8, 4) is 5.75 Å². The van der Waals surface area contributed by atoms with Gasteiger partial charge >= 0.3 is 0 Å².